The second kappa shape index (κ2) is 8.65. The minimum absolute atomic E-state index is 0.671. The summed E-state index contributed by atoms with van der Waals surface area (Å²) < 4.78 is 5.95. The average Bonchev–Trinajstić information content (AvgIpc) is 3.03. The first-order chi connectivity index (χ1) is 12.3. The fourth-order valence-corrected chi connectivity index (χ4v) is 2.83. The van der Waals surface area contributed by atoms with E-state index in [0.717, 1.165) is 48.4 Å². The number of nitrogens with zero attached hydrogens (tertiary/aromatic N) is 2. The highest BCUT2D eigenvalue weighted by Crippen LogP contribution is 2.23. The van der Waals surface area contributed by atoms with Gasteiger partial charge in [0.25, 0.3) is 0 Å². The third-order valence-corrected chi connectivity index (χ3v) is 4.28. The van der Waals surface area contributed by atoms with E-state index in [2.05, 4.69) is 57.8 Å². The predicted molar refractivity (Wildman–Crippen MR) is 102 cm³/mol. The number of rotatable bonds is 9. The summed E-state index contributed by atoms with van der Waals surface area (Å²) in [5, 5.41) is 11.9. The van der Waals surface area contributed by atoms with Gasteiger partial charge in [0.1, 0.15) is 5.75 Å². The minimum Gasteiger partial charge on any atom is -0.493 e. The molecular weight excluding hydrogens is 312 g/mol. The van der Waals surface area contributed by atoms with Crippen molar-refractivity contribution in [2.24, 2.45) is 0 Å². The maximum Gasteiger partial charge on any atom is 0.120 e. The van der Waals surface area contributed by atoms with E-state index in [9.17, 15) is 0 Å². The normalized spacial score (nSPS) is 11.3. The molecule has 25 heavy (non-hydrogen) atoms. The molecule has 3 rings (SSSR count). The minimum atomic E-state index is 0.671. The number of aromatic amines is 1. The fourth-order valence-electron chi connectivity index (χ4n) is 2.83. The largest absolute Gasteiger partial charge is 0.493 e. The van der Waals surface area contributed by atoms with Gasteiger partial charge in [0.15, 0.2) is 0 Å². The number of H-pyrrole nitrogens is 1. The maximum atomic E-state index is 5.95. The maximum absolute atomic E-state index is 5.95. The van der Waals surface area contributed by atoms with Crippen molar-refractivity contribution in [2.75, 3.05) is 33.8 Å². The molecule has 0 amide bonds. The van der Waals surface area contributed by atoms with Crippen molar-refractivity contribution < 1.29 is 4.74 Å². The van der Waals surface area contributed by atoms with Crippen molar-refractivity contribution in [3.05, 3.63) is 59.8 Å². The monoisotopic (exact) mass is 338 g/mol. The summed E-state index contributed by atoms with van der Waals surface area (Å²) in [7, 11) is 4.08. The molecule has 132 valence electrons. The molecule has 0 spiro atoms. The summed E-state index contributed by atoms with van der Waals surface area (Å²) in [6.07, 6.45) is 0.907. The SMILES string of the molecule is CNCCN(C)Cc1n[nH]c2ccc(OCCc3ccccc3)cc12. The average molecular weight is 338 g/mol. The number of hydrogen-bond acceptors (Lipinski definition) is 4. The van der Waals surface area contributed by atoms with E-state index >= 15 is 0 Å². The Labute approximate surface area is 149 Å². The molecule has 0 saturated heterocycles. The molecule has 0 aliphatic rings. The number of ether oxygens (including phenoxy) is 1. The molecule has 3 aromatic rings. The molecule has 2 aromatic carbocycles. The van der Waals surface area contributed by atoms with Gasteiger partial charge in [-0.3, -0.25) is 10.00 Å². The van der Waals surface area contributed by atoms with Crippen LogP contribution in [0.2, 0.25) is 0 Å². The first-order valence-corrected chi connectivity index (χ1v) is 8.73. The molecule has 0 radical (unpaired) electrons. The summed E-state index contributed by atoms with van der Waals surface area (Å²) in [4.78, 5) is 2.26. The van der Waals surface area contributed by atoms with Gasteiger partial charge in [0.05, 0.1) is 17.8 Å². The highest BCUT2D eigenvalue weighted by molar-refractivity contribution is 5.82. The van der Waals surface area contributed by atoms with Gasteiger partial charge in [-0.1, -0.05) is 30.3 Å². The smallest absolute Gasteiger partial charge is 0.120 e. The van der Waals surface area contributed by atoms with E-state index in [-0.39, 0.29) is 0 Å². The third kappa shape index (κ3) is 4.81. The highest BCUT2D eigenvalue weighted by atomic mass is 16.5. The molecule has 0 aliphatic heterocycles. The van der Waals surface area contributed by atoms with E-state index in [1.54, 1.807) is 0 Å². The van der Waals surface area contributed by atoms with Crippen LogP contribution in [-0.4, -0.2) is 48.9 Å². The third-order valence-electron chi connectivity index (χ3n) is 4.28. The molecule has 0 unspecified atom stereocenters. The number of hydrogen-bond donors (Lipinski definition) is 2. The summed E-state index contributed by atoms with van der Waals surface area (Å²) in [5.41, 5.74) is 3.40. The van der Waals surface area contributed by atoms with Crippen molar-refractivity contribution in [3.63, 3.8) is 0 Å². The molecule has 0 aliphatic carbocycles. The second-order valence-electron chi connectivity index (χ2n) is 6.30. The van der Waals surface area contributed by atoms with Crippen molar-refractivity contribution in [1.29, 1.82) is 0 Å². The van der Waals surface area contributed by atoms with Crippen LogP contribution >= 0.6 is 0 Å². The summed E-state index contributed by atoms with van der Waals surface area (Å²) in [6.45, 7) is 3.44. The lowest BCUT2D eigenvalue weighted by Gasteiger charge is -2.15. The number of likely N-dealkylation sites (N-methyl/N-ethyl adjacent to an activating group) is 2. The van der Waals surface area contributed by atoms with Gasteiger partial charge >= 0.3 is 0 Å². The van der Waals surface area contributed by atoms with Gasteiger partial charge in [0.2, 0.25) is 0 Å². The molecule has 0 fully saturated rings. The lowest BCUT2D eigenvalue weighted by Crippen LogP contribution is -2.27. The molecule has 0 bridgehead atoms. The van der Waals surface area contributed by atoms with Gasteiger partial charge in [-0.2, -0.15) is 5.10 Å². The Morgan fingerprint density at radius 1 is 1.16 bits per heavy atom. The molecule has 5 nitrogen and oxygen atoms in total. The number of nitrogens with one attached hydrogen (secondary N) is 2. The number of aromatic nitrogens is 2. The summed E-state index contributed by atoms with van der Waals surface area (Å²) >= 11 is 0. The Kier molecular flexibility index (Phi) is 6.04. The van der Waals surface area contributed by atoms with E-state index in [4.69, 9.17) is 4.74 Å². The highest BCUT2D eigenvalue weighted by Gasteiger charge is 2.09. The van der Waals surface area contributed by atoms with Crippen LogP contribution in [0.5, 0.6) is 5.75 Å². The molecule has 0 saturated carbocycles. The summed E-state index contributed by atoms with van der Waals surface area (Å²) in [5.74, 6) is 0.893. The van der Waals surface area contributed by atoms with Crippen LogP contribution in [-0.2, 0) is 13.0 Å². The van der Waals surface area contributed by atoms with E-state index < -0.39 is 0 Å². The van der Waals surface area contributed by atoms with Crippen LogP contribution in [0.4, 0.5) is 0 Å². The van der Waals surface area contributed by atoms with Gasteiger partial charge in [-0.05, 0) is 37.9 Å². The van der Waals surface area contributed by atoms with Crippen LogP contribution in [0.3, 0.4) is 0 Å². The standard InChI is InChI=1S/C20H26N4O/c1-21-11-12-24(2)15-20-18-14-17(8-9-19(18)22-23-20)25-13-10-16-6-4-3-5-7-16/h3-9,14,21H,10-13,15H2,1-2H3,(H,22,23). The lowest BCUT2D eigenvalue weighted by molar-refractivity contribution is 0.321. The Morgan fingerprint density at radius 3 is 2.80 bits per heavy atom. The number of fused-ring (bicyclic) bond motifs is 1. The topological polar surface area (TPSA) is 53.2 Å². The Hall–Kier alpha value is -2.37. The molecular formula is C20H26N4O. The van der Waals surface area contributed by atoms with Crippen LogP contribution in [0.1, 0.15) is 11.3 Å². The Balaban J connectivity index is 1.63. The van der Waals surface area contributed by atoms with Crippen LogP contribution in [0, 0.1) is 0 Å². The quantitative estimate of drug-likeness (QED) is 0.630. The fraction of sp³-hybridized carbons (Fsp3) is 0.350. The van der Waals surface area contributed by atoms with Gasteiger partial charge < -0.3 is 10.1 Å². The predicted octanol–water partition coefficient (Wildman–Crippen LogP) is 2.84. The van der Waals surface area contributed by atoms with Crippen molar-refractivity contribution in [1.82, 2.24) is 20.4 Å². The van der Waals surface area contributed by atoms with Crippen molar-refractivity contribution in [3.8, 4) is 5.75 Å². The molecule has 5 heteroatoms. The number of benzene rings is 2. The van der Waals surface area contributed by atoms with Gasteiger partial charge in [-0.25, -0.2) is 0 Å². The van der Waals surface area contributed by atoms with Crippen LogP contribution in [0.25, 0.3) is 10.9 Å². The van der Waals surface area contributed by atoms with Crippen molar-refractivity contribution >= 4 is 10.9 Å². The van der Waals surface area contributed by atoms with Crippen LogP contribution < -0.4 is 10.1 Å². The van der Waals surface area contributed by atoms with Crippen molar-refractivity contribution in [2.45, 2.75) is 13.0 Å². The van der Waals surface area contributed by atoms with Gasteiger partial charge in [0, 0.05) is 31.4 Å². The second-order valence-corrected chi connectivity index (χ2v) is 6.30. The molecule has 1 heterocycles. The van der Waals surface area contributed by atoms with E-state index in [1.165, 1.54) is 5.56 Å². The first kappa shape index (κ1) is 17.5. The zero-order valence-corrected chi connectivity index (χ0v) is 15.0. The van der Waals surface area contributed by atoms with Crippen LogP contribution in [0.15, 0.2) is 48.5 Å². The van der Waals surface area contributed by atoms with E-state index in [1.807, 2.05) is 25.2 Å². The zero-order chi connectivity index (χ0) is 17.5. The Morgan fingerprint density at radius 2 is 2.00 bits per heavy atom. The molecule has 1 aromatic heterocycles. The zero-order valence-electron chi connectivity index (χ0n) is 15.0. The molecule has 0 atom stereocenters. The Bertz CT molecular complexity index is 785. The van der Waals surface area contributed by atoms with E-state index in [0.29, 0.717) is 6.61 Å². The first-order valence-electron chi connectivity index (χ1n) is 8.73. The molecule has 2 N–H and O–H groups in total. The van der Waals surface area contributed by atoms with Gasteiger partial charge in [-0.15, -0.1) is 0 Å². The summed E-state index contributed by atoms with van der Waals surface area (Å²) in [6, 6.07) is 16.5. The lowest BCUT2D eigenvalue weighted by atomic mass is 10.1.